The monoisotopic (exact) mass is 359 g/mol. The van der Waals surface area contributed by atoms with Crippen LogP contribution in [0.1, 0.15) is 62.4 Å². The van der Waals surface area contributed by atoms with Gasteiger partial charge in [-0.2, -0.15) is 5.26 Å². The number of hydrogen-bond acceptors (Lipinski definition) is 5. The molecule has 0 bridgehead atoms. The van der Waals surface area contributed by atoms with Crippen molar-refractivity contribution in [2.75, 3.05) is 5.32 Å². The summed E-state index contributed by atoms with van der Waals surface area (Å²) in [5.74, 6) is -1.03. The Balaban J connectivity index is 1.91. The number of nitrogens with one attached hydrogen (secondary N) is 2. The normalized spacial score (nSPS) is 19.9. The minimum absolute atomic E-state index is 0.0590. The van der Waals surface area contributed by atoms with Crippen molar-refractivity contribution in [2.45, 2.75) is 64.1 Å². The minimum Gasteiger partial charge on any atom is -0.478 e. The van der Waals surface area contributed by atoms with Gasteiger partial charge in [0.05, 0.1) is 16.8 Å². The lowest BCUT2D eigenvalue weighted by molar-refractivity contribution is 0.0491. The number of ether oxygens (including phenoxy) is 1. The lowest BCUT2D eigenvalue weighted by Crippen LogP contribution is -2.42. The summed E-state index contributed by atoms with van der Waals surface area (Å²) in [6.07, 6.45) is 2.79. The van der Waals surface area contributed by atoms with Crippen LogP contribution in [0, 0.1) is 11.3 Å². The largest absolute Gasteiger partial charge is 0.478 e. The molecule has 1 saturated carbocycles. The second kappa shape index (κ2) is 8.09. The van der Waals surface area contributed by atoms with E-state index in [2.05, 4.69) is 16.7 Å². The maximum Gasteiger partial charge on any atom is 0.407 e. The Morgan fingerprint density at radius 2 is 1.81 bits per heavy atom. The van der Waals surface area contributed by atoms with E-state index in [9.17, 15) is 14.9 Å². The molecule has 1 aliphatic carbocycles. The van der Waals surface area contributed by atoms with Crippen molar-refractivity contribution in [1.29, 1.82) is 5.26 Å². The Bertz CT molecular complexity index is 710. The first-order valence-corrected chi connectivity index (χ1v) is 8.71. The molecule has 140 valence electrons. The Kier molecular flexibility index (Phi) is 6.09. The zero-order valence-electron chi connectivity index (χ0n) is 15.3. The van der Waals surface area contributed by atoms with Gasteiger partial charge in [0.2, 0.25) is 0 Å². The van der Waals surface area contributed by atoms with Crippen LogP contribution in [0.5, 0.6) is 0 Å². The van der Waals surface area contributed by atoms with Gasteiger partial charge >= 0.3 is 12.1 Å². The number of amides is 1. The molecule has 0 atom stereocenters. The number of carboxylic acids is 1. The van der Waals surface area contributed by atoms with Gasteiger partial charge in [-0.15, -0.1) is 0 Å². The van der Waals surface area contributed by atoms with E-state index in [-0.39, 0.29) is 17.6 Å². The van der Waals surface area contributed by atoms with Crippen molar-refractivity contribution in [1.82, 2.24) is 5.32 Å². The van der Waals surface area contributed by atoms with Crippen molar-refractivity contribution in [3.63, 3.8) is 0 Å². The van der Waals surface area contributed by atoms with Crippen molar-refractivity contribution in [3.05, 3.63) is 29.3 Å². The van der Waals surface area contributed by atoms with Crippen LogP contribution in [0.2, 0.25) is 0 Å². The second-order valence-corrected chi connectivity index (χ2v) is 7.52. The topological polar surface area (TPSA) is 111 Å². The molecule has 7 nitrogen and oxygen atoms in total. The predicted molar refractivity (Wildman–Crippen MR) is 97.2 cm³/mol. The van der Waals surface area contributed by atoms with Crippen LogP contribution in [0.4, 0.5) is 10.5 Å². The summed E-state index contributed by atoms with van der Waals surface area (Å²) in [6.45, 7) is 5.47. The zero-order chi connectivity index (χ0) is 19.3. The average molecular weight is 359 g/mol. The first-order valence-electron chi connectivity index (χ1n) is 8.71. The molecular formula is C19H25N3O4. The number of benzene rings is 1. The van der Waals surface area contributed by atoms with E-state index in [1.54, 1.807) is 0 Å². The van der Waals surface area contributed by atoms with Crippen LogP contribution < -0.4 is 10.6 Å². The summed E-state index contributed by atoms with van der Waals surface area (Å²) in [7, 11) is 0. The Hall–Kier alpha value is -2.75. The lowest BCUT2D eigenvalue weighted by Gasteiger charge is -2.31. The van der Waals surface area contributed by atoms with Crippen molar-refractivity contribution in [2.24, 2.45) is 0 Å². The summed E-state index contributed by atoms with van der Waals surface area (Å²) in [4.78, 5) is 23.0. The lowest BCUT2D eigenvalue weighted by atomic mass is 9.91. The smallest absolute Gasteiger partial charge is 0.407 e. The number of carbonyl (C=O) groups excluding carboxylic acids is 1. The summed E-state index contributed by atoms with van der Waals surface area (Å²) >= 11 is 0. The van der Waals surface area contributed by atoms with Crippen molar-refractivity contribution < 1.29 is 19.4 Å². The number of nitrogens with zero attached hydrogens (tertiary/aromatic N) is 1. The Labute approximate surface area is 153 Å². The SMILES string of the molecule is CC(C)(C)OC(=O)NC1CCC(Nc2cc(C(=O)O)ccc2C#N)CC1. The molecule has 0 spiro atoms. The van der Waals surface area contributed by atoms with E-state index >= 15 is 0 Å². The molecule has 0 heterocycles. The van der Waals surface area contributed by atoms with Gasteiger partial charge in [0.25, 0.3) is 0 Å². The molecular weight excluding hydrogens is 334 g/mol. The fourth-order valence-corrected chi connectivity index (χ4v) is 2.97. The van der Waals surface area contributed by atoms with Crippen LogP contribution in [0.15, 0.2) is 18.2 Å². The third-order valence-electron chi connectivity index (χ3n) is 4.19. The zero-order valence-corrected chi connectivity index (χ0v) is 15.3. The average Bonchev–Trinajstić information content (AvgIpc) is 2.54. The molecule has 1 aromatic rings. The molecule has 0 radical (unpaired) electrons. The van der Waals surface area contributed by atoms with E-state index in [0.717, 1.165) is 25.7 Å². The number of carboxylic acid groups (broad SMARTS) is 1. The molecule has 0 unspecified atom stereocenters. The number of anilines is 1. The van der Waals surface area contributed by atoms with Crippen LogP contribution >= 0.6 is 0 Å². The predicted octanol–water partition coefficient (Wildman–Crippen LogP) is 3.50. The standard InChI is InChI=1S/C19H25N3O4/c1-19(2,3)26-18(25)22-15-8-6-14(7-9-15)21-16-10-12(17(23)24)4-5-13(16)11-20/h4-5,10,14-15,21H,6-9H2,1-3H3,(H,22,25)(H,23,24). The van der Waals surface area contributed by atoms with E-state index in [1.165, 1.54) is 18.2 Å². The third-order valence-corrected chi connectivity index (χ3v) is 4.19. The summed E-state index contributed by atoms with van der Waals surface area (Å²) in [5.41, 5.74) is 0.581. The number of nitriles is 1. The second-order valence-electron chi connectivity index (χ2n) is 7.52. The van der Waals surface area contributed by atoms with Crippen LogP contribution in [0.25, 0.3) is 0 Å². The molecule has 0 aromatic heterocycles. The van der Waals surface area contributed by atoms with Gasteiger partial charge < -0.3 is 20.5 Å². The van der Waals surface area contributed by atoms with Gasteiger partial charge in [0.15, 0.2) is 0 Å². The van der Waals surface area contributed by atoms with Crippen LogP contribution in [-0.4, -0.2) is 34.9 Å². The molecule has 1 fully saturated rings. The van der Waals surface area contributed by atoms with Gasteiger partial charge in [0.1, 0.15) is 11.7 Å². The number of carbonyl (C=O) groups is 2. The summed E-state index contributed by atoms with van der Waals surface area (Å²) in [5, 5.41) is 24.5. The van der Waals surface area contributed by atoms with Crippen LogP contribution in [-0.2, 0) is 4.74 Å². The first kappa shape index (κ1) is 19.6. The number of alkyl carbamates (subject to hydrolysis) is 1. The Morgan fingerprint density at radius 1 is 1.19 bits per heavy atom. The number of hydrogen-bond donors (Lipinski definition) is 3. The quantitative estimate of drug-likeness (QED) is 0.758. The molecule has 1 aliphatic rings. The fraction of sp³-hybridized carbons (Fsp3) is 0.526. The van der Waals surface area contributed by atoms with E-state index in [1.807, 2.05) is 20.8 Å². The molecule has 2 rings (SSSR count). The number of aromatic carboxylic acids is 1. The molecule has 3 N–H and O–H groups in total. The molecule has 1 amide bonds. The van der Waals surface area contributed by atoms with E-state index in [4.69, 9.17) is 9.84 Å². The van der Waals surface area contributed by atoms with Gasteiger partial charge in [-0.3, -0.25) is 0 Å². The van der Waals surface area contributed by atoms with Gasteiger partial charge in [-0.25, -0.2) is 9.59 Å². The van der Waals surface area contributed by atoms with Gasteiger partial charge in [-0.1, -0.05) is 0 Å². The van der Waals surface area contributed by atoms with E-state index < -0.39 is 17.7 Å². The maximum absolute atomic E-state index is 11.8. The van der Waals surface area contributed by atoms with Gasteiger partial charge in [0, 0.05) is 12.1 Å². The highest BCUT2D eigenvalue weighted by molar-refractivity contribution is 5.89. The van der Waals surface area contributed by atoms with Crippen LogP contribution in [0.3, 0.4) is 0 Å². The summed E-state index contributed by atoms with van der Waals surface area (Å²) in [6, 6.07) is 6.70. The maximum atomic E-state index is 11.8. The number of rotatable bonds is 4. The molecule has 7 heteroatoms. The highest BCUT2D eigenvalue weighted by atomic mass is 16.6. The highest BCUT2D eigenvalue weighted by Gasteiger charge is 2.25. The summed E-state index contributed by atoms with van der Waals surface area (Å²) < 4.78 is 5.27. The molecule has 0 aliphatic heterocycles. The fourth-order valence-electron chi connectivity index (χ4n) is 2.97. The molecule has 1 aromatic carbocycles. The van der Waals surface area contributed by atoms with Gasteiger partial charge in [-0.05, 0) is 64.7 Å². The molecule has 0 saturated heterocycles. The van der Waals surface area contributed by atoms with Crippen molar-refractivity contribution in [3.8, 4) is 6.07 Å². The first-order chi connectivity index (χ1) is 12.2. The molecule has 26 heavy (non-hydrogen) atoms. The van der Waals surface area contributed by atoms with Crippen molar-refractivity contribution >= 4 is 17.7 Å². The van der Waals surface area contributed by atoms with E-state index in [0.29, 0.717) is 11.3 Å². The third kappa shape index (κ3) is 5.66. The Morgan fingerprint density at radius 3 is 2.35 bits per heavy atom. The minimum atomic E-state index is -1.03. The highest BCUT2D eigenvalue weighted by Crippen LogP contribution is 2.25.